The topological polar surface area (TPSA) is 81.7 Å². The summed E-state index contributed by atoms with van der Waals surface area (Å²) in [6, 6.07) is -0.0907. The monoisotopic (exact) mass is 287 g/mol. The van der Waals surface area contributed by atoms with Crippen molar-refractivity contribution in [2.75, 3.05) is 27.2 Å². The molecule has 0 heterocycles. The summed E-state index contributed by atoms with van der Waals surface area (Å²) < 4.78 is 0. The second-order valence-electron chi connectivity index (χ2n) is 6.00. The Bertz CT molecular complexity index is 306. The van der Waals surface area contributed by atoms with Crippen LogP contribution in [0.3, 0.4) is 0 Å². The van der Waals surface area contributed by atoms with E-state index in [4.69, 9.17) is 5.11 Å². The van der Waals surface area contributed by atoms with E-state index in [0.29, 0.717) is 18.9 Å². The number of hydrogen-bond donors (Lipinski definition) is 3. The van der Waals surface area contributed by atoms with E-state index in [1.54, 1.807) is 0 Å². The Morgan fingerprint density at radius 2 is 1.80 bits per heavy atom. The van der Waals surface area contributed by atoms with Crippen LogP contribution in [0.2, 0.25) is 0 Å². The molecule has 0 saturated carbocycles. The number of nitrogens with zero attached hydrogens (tertiary/aromatic N) is 1. The molecule has 0 radical (unpaired) electrons. The van der Waals surface area contributed by atoms with Crippen LogP contribution < -0.4 is 10.6 Å². The zero-order valence-corrected chi connectivity index (χ0v) is 13.3. The van der Waals surface area contributed by atoms with Crippen molar-refractivity contribution >= 4 is 12.0 Å². The second kappa shape index (κ2) is 9.58. The van der Waals surface area contributed by atoms with Crippen LogP contribution in [-0.4, -0.2) is 55.2 Å². The molecule has 0 spiro atoms. The van der Waals surface area contributed by atoms with Gasteiger partial charge in [0.15, 0.2) is 0 Å². The number of carbonyl (C=O) groups excluding carboxylic acids is 1. The number of hydrogen-bond acceptors (Lipinski definition) is 3. The van der Waals surface area contributed by atoms with E-state index in [-0.39, 0.29) is 24.4 Å². The molecule has 0 aromatic carbocycles. The van der Waals surface area contributed by atoms with Crippen molar-refractivity contribution in [2.45, 2.75) is 39.7 Å². The molecule has 0 bridgehead atoms. The molecule has 0 fully saturated rings. The fourth-order valence-electron chi connectivity index (χ4n) is 1.77. The zero-order valence-electron chi connectivity index (χ0n) is 13.3. The van der Waals surface area contributed by atoms with Crippen LogP contribution in [0.25, 0.3) is 0 Å². The molecule has 0 aliphatic carbocycles. The summed E-state index contributed by atoms with van der Waals surface area (Å²) in [6.45, 7) is 7.36. The van der Waals surface area contributed by atoms with Gasteiger partial charge in [-0.05, 0) is 32.4 Å². The maximum absolute atomic E-state index is 11.8. The van der Waals surface area contributed by atoms with E-state index in [1.165, 1.54) is 0 Å². The van der Waals surface area contributed by atoms with Gasteiger partial charge in [0.25, 0.3) is 0 Å². The smallest absolute Gasteiger partial charge is 0.315 e. The van der Waals surface area contributed by atoms with Crippen molar-refractivity contribution in [1.82, 2.24) is 15.5 Å². The SMILES string of the molecule is CC(CCC(=O)O)CNC(=O)NC(CN(C)C)C(C)C. The molecule has 2 unspecified atom stereocenters. The number of likely N-dealkylation sites (N-methyl/N-ethyl adjacent to an activating group) is 1. The molecule has 0 aromatic rings. The third-order valence-electron chi connectivity index (χ3n) is 3.15. The summed E-state index contributed by atoms with van der Waals surface area (Å²) in [4.78, 5) is 24.3. The highest BCUT2D eigenvalue weighted by Crippen LogP contribution is 2.05. The predicted octanol–water partition coefficient (Wildman–Crippen LogP) is 1.37. The third-order valence-corrected chi connectivity index (χ3v) is 3.15. The number of urea groups is 1. The van der Waals surface area contributed by atoms with Crippen molar-refractivity contribution < 1.29 is 14.7 Å². The third kappa shape index (κ3) is 9.61. The van der Waals surface area contributed by atoms with Gasteiger partial charge in [0.2, 0.25) is 0 Å². The minimum absolute atomic E-state index is 0.0966. The van der Waals surface area contributed by atoms with E-state index < -0.39 is 5.97 Å². The fraction of sp³-hybridized carbons (Fsp3) is 0.857. The van der Waals surface area contributed by atoms with Gasteiger partial charge in [0.05, 0.1) is 0 Å². The van der Waals surface area contributed by atoms with E-state index >= 15 is 0 Å². The summed E-state index contributed by atoms with van der Waals surface area (Å²) >= 11 is 0. The highest BCUT2D eigenvalue weighted by atomic mass is 16.4. The predicted molar refractivity (Wildman–Crippen MR) is 79.7 cm³/mol. The Labute approximate surface area is 121 Å². The van der Waals surface area contributed by atoms with Gasteiger partial charge < -0.3 is 20.6 Å². The van der Waals surface area contributed by atoms with Crippen LogP contribution in [0.5, 0.6) is 0 Å². The Hall–Kier alpha value is -1.30. The van der Waals surface area contributed by atoms with Crippen LogP contribution in [0, 0.1) is 11.8 Å². The minimum Gasteiger partial charge on any atom is -0.481 e. The first-order chi connectivity index (χ1) is 9.22. The molecule has 3 N–H and O–H groups in total. The van der Waals surface area contributed by atoms with Gasteiger partial charge >= 0.3 is 12.0 Å². The Morgan fingerprint density at radius 1 is 1.20 bits per heavy atom. The fourth-order valence-corrected chi connectivity index (χ4v) is 1.77. The molecule has 0 aliphatic heterocycles. The lowest BCUT2D eigenvalue weighted by molar-refractivity contribution is -0.137. The van der Waals surface area contributed by atoms with Crippen LogP contribution in [0.4, 0.5) is 4.79 Å². The summed E-state index contributed by atoms with van der Waals surface area (Å²) in [6.07, 6.45) is 0.709. The maximum atomic E-state index is 11.8. The van der Waals surface area contributed by atoms with E-state index in [2.05, 4.69) is 24.5 Å². The number of amides is 2. The molecule has 0 aromatic heterocycles. The molecule has 0 aliphatic rings. The van der Waals surface area contributed by atoms with Crippen molar-refractivity contribution in [3.8, 4) is 0 Å². The Kier molecular flexibility index (Phi) is 8.96. The first-order valence-electron chi connectivity index (χ1n) is 7.13. The van der Waals surface area contributed by atoms with Crippen molar-refractivity contribution in [1.29, 1.82) is 0 Å². The van der Waals surface area contributed by atoms with E-state index in [1.807, 2.05) is 25.9 Å². The molecule has 20 heavy (non-hydrogen) atoms. The Balaban J connectivity index is 4.04. The maximum Gasteiger partial charge on any atom is 0.315 e. The van der Waals surface area contributed by atoms with Gasteiger partial charge in [0.1, 0.15) is 0 Å². The summed E-state index contributed by atoms with van der Waals surface area (Å²) in [7, 11) is 3.95. The van der Waals surface area contributed by atoms with Crippen LogP contribution in [-0.2, 0) is 4.79 Å². The average Bonchev–Trinajstić information content (AvgIpc) is 2.32. The quantitative estimate of drug-likeness (QED) is 0.598. The first-order valence-corrected chi connectivity index (χ1v) is 7.13. The molecule has 2 amide bonds. The number of nitrogens with one attached hydrogen (secondary N) is 2. The van der Waals surface area contributed by atoms with Crippen molar-refractivity contribution in [3.63, 3.8) is 0 Å². The molecular formula is C14H29N3O3. The lowest BCUT2D eigenvalue weighted by Crippen LogP contribution is -2.49. The van der Waals surface area contributed by atoms with Crippen LogP contribution in [0.1, 0.15) is 33.6 Å². The summed E-state index contributed by atoms with van der Waals surface area (Å²) in [5, 5.41) is 14.4. The lowest BCUT2D eigenvalue weighted by Gasteiger charge is -2.26. The molecule has 2 atom stereocenters. The average molecular weight is 287 g/mol. The second-order valence-corrected chi connectivity index (χ2v) is 6.00. The molecule has 0 saturated heterocycles. The number of aliphatic carboxylic acids is 1. The summed E-state index contributed by atoms with van der Waals surface area (Å²) in [5.74, 6) is -0.289. The highest BCUT2D eigenvalue weighted by molar-refractivity contribution is 5.74. The Morgan fingerprint density at radius 3 is 2.25 bits per heavy atom. The number of rotatable bonds is 9. The standard InChI is InChI=1S/C14H29N3O3/c1-10(2)12(9-17(4)5)16-14(20)15-8-11(3)6-7-13(18)19/h10-12H,6-9H2,1-5H3,(H,18,19)(H2,15,16,20). The normalized spacial score (nSPS) is 14.2. The molecule has 6 heteroatoms. The van der Waals surface area contributed by atoms with Gasteiger partial charge in [-0.1, -0.05) is 20.8 Å². The van der Waals surface area contributed by atoms with E-state index in [9.17, 15) is 9.59 Å². The van der Waals surface area contributed by atoms with E-state index in [0.717, 1.165) is 6.54 Å². The van der Waals surface area contributed by atoms with Crippen molar-refractivity contribution in [3.05, 3.63) is 0 Å². The van der Waals surface area contributed by atoms with Gasteiger partial charge in [-0.25, -0.2) is 4.79 Å². The number of carboxylic acids is 1. The van der Waals surface area contributed by atoms with Crippen LogP contribution >= 0.6 is 0 Å². The first kappa shape index (κ1) is 18.7. The van der Waals surface area contributed by atoms with Gasteiger partial charge in [-0.3, -0.25) is 4.79 Å². The number of carboxylic acid groups (broad SMARTS) is 1. The largest absolute Gasteiger partial charge is 0.481 e. The molecular weight excluding hydrogens is 258 g/mol. The highest BCUT2D eigenvalue weighted by Gasteiger charge is 2.17. The summed E-state index contributed by atoms with van der Waals surface area (Å²) in [5.41, 5.74) is 0. The van der Waals surface area contributed by atoms with Gasteiger partial charge in [-0.15, -0.1) is 0 Å². The lowest BCUT2D eigenvalue weighted by atomic mass is 10.0. The van der Waals surface area contributed by atoms with Crippen molar-refractivity contribution in [2.24, 2.45) is 11.8 Å². The molecule has 0 rings (SSSR count). The zero-order chi connectivity index (χ0) is 15.7. The molecule has 6 nitrogen and oxygen atoms in total. The number of carbonyl (C=O) groups is 2. The van der Waals surface area contributed by atoms with Gasteiger partial charge in [-0.2, -0.15) is 0 Å². The molecule has 118 valence electrons. The van der Waals surface area contributed by atoms with Crippen LogP contribution in [0.15, 0.2) is 0 Å². The minimum atomic E-state index is -0.799. The van der Waals surface area contributed by atoms with Gasteiger partial charge in [0, 0.05) is 25.6 Å².